The van der Waals surface area contributed by atoms with Crippen LogP contribution >= 0.6 is 38.5 Å². The van der Waals surface area contributed by atoms with Crippen molar-refractivity contribution in [3.8, 4) is 5.75 Å². The van der Waals surface area contributed by atoms with E-state index in [4.69, 9.17) is 0 Å². The second-order valence-corrected chi connectivity index (χ2v) is 5.96. The Balaban J connectivity index is 2.06. The van der Waals surface area contributed by atoms with Crippen molar-refractivity contribution in [2.45, 2.75) is 0 Å². The third-order valence-electron chi connectivity index (χ3n) is 2.33. The molecule has 0 spiro atoms. The van der Waals surface area contributed by atoms with Gasteiger partial charge in [0.05, 0.1) is 11.8 Å². The molecule has 0 bridgehead atoms. The van der Waals surface area contributed by atoms with Crippen LogP contribution < -0.4 is 5.43 Å². The molecule has 0 unspecified atom stereocenters. The van der Waals surface area contributed by atoms with Crippen LogP contribution in [-0.4, -0.2) is 22.2 Å². The minimum absolute atomic E-state index is 0.104. The highest BCUT2D eigenvalue weighted by molar-refractivity contribution is 14.1. The molecular formula is C13H9BrIN3O2. The average molecular weight is 446 g/mol. The lowest BCUT2D eigenvalue weighted by Gasteiger charge is -2.01. The lowest BCUT2D eigenvalue weighted by Crippen LogP contribution is -2.17. The molecule has 0 saturated heterocycles. The number of hydrogen-bond acceptors (Lipinski definition) is 4. The Kier molecular flexibility index (Phi) is 5.07. The zero-order valence-electron chi connectivity index (χ0n) is 10.0. The Morgan fingerprint density at radius 2 is 2.20 bits per heavy atom. The first kappa shape index (κ1) is 14.9. The molecular weight excluding hydrogens is 437 g/mol. The van der Waals surface area contributed by atoms with Gasteiger partial charge in [-0.15, -0.1) is 0 Å². The molecule has 1 aromatic carbocycles. The summed E-state index contributed by atoms with van der Waals surface area (Å²) in [6.07, 6.45) is 4.42. The van der Waals surface area contributed by atoms with Crippen molar-refractivity contribution in [2.24, 2.45) is 5.10 Å². The second-order valence-electron chi connectivity index (χ2n) is 3.79. The van der Waals surface area contributed by atoms with E-state index in [0.29, 0.717) is 15.6 Å². The third-order valence-corrected chi connectivity index (χ3v) is 3.43. The van der Waals surface area contributed by atoms with Crippen LogP contribution in [0.3, 0.4) is 0 Å². The number of pyridine rings is 1. The fourth-order valence-corrected chi connectivity index (χ4v) is 2.27. The number of aromatic nitrogens is 1. The fraction of sp³-hybridized carbons (Fsp3) is 0. The molecule has 20 heavy (non-hydrogen) atoms. The summed E-state index contributed by atoms with van der Waals surface area (Å²) in [5.41, 5.74) is 3.30. The number of nitrogens with zero attached hydrogens (tertiary/aromatic N) is 2. The molecule has 0 atom stereocenters. The van der Waals surface area contributed by atoms with Crippen molar-refractivity contribution in [3.05, 3.63) is 55.8 Å². The Morgan fingerprint density at radius 3 is 2.95 bits per heavy atom. The number of benzene rings is 1. The van der Waals surface area contributed by atoms with Gasteiger partial charge in [0.1, 0.15) is 5.75 Å². The summed E-state index contributed by atoms with van der Waals surface area (Å²) in [6, 6.07) is 6.75. The molecule has 102 valence electrons. The first-order chi connectivity index (χ1) is 9.56. The van der Waals surface area contributed by atoms with Crippen LogP contribution in [0, 0.1) is 3.57 Å². The van der Waals surface area contributed by atoms with Crippen LogP contribution in [0.5, 0.6) is 5.75 Å². The van der Waals surface area contributed by atoms with Gasteiger partial charge < -0.3 is 5.11 Å². The number of phenolic OH excluding ortho intramolecular Hbond substituents is 1. The van der Waals surface area contributed by atoms with Crippen LogP contribution in [-0.2, 0) is 0 Å². The lowest BCUT2D eigenvalue weighted by atomic mass is 10.2. The predicted octanol–water partition coefficient (Wildman–Crippen LogP) is 2.92. The highest BCUT2D eigenvalue weighted by atomic mass is 127. The van der Waals surface area contributed by atoms with E-state index in [2.05, 4.69) is 54.0 Å². The number of nitrogens with one attached hydrogen (secondary N) is 1. The summed E-state index contributed by atoms with van der Waals surface area (Å²) < 4.78 is 1.67. The third kappa shape index (κ3) is 4.01. The molecule has 2 rings (SSSR count). The van der Waals surface area contributed by atoms with Gasteiger partial charge in [-0.2, -0.15) is 5.10 Å². The van der Waals surface area contributed by atoms with E-state index >= 15 is 0 Å². The number of hydrazone groups is 1. The van der Waals surface area contributed by atoms with Gasteiger partial charge in [-0.05, 0) is 62.8 Å². The molecule has 2 aromatic rings. The van der Waals surface area contributed by atoms with Gasteiger partial charge in [-0.25, -0.2) is 5.43 Å². The maximum absolute atomic E-state index is 11.8. The number of hydrogen-bond donors (Lipinski definition) is 2. The van der Waals surface area contributed by atoms with Gasteiger partial charge in [-0.3, -0.25) is 9.78 Å². The second kappa shape index (κ2) is 6.80. The normalized spacial score (nSPS) is 10.7. The molecule has 0 aliphatic heterocycles. The monoisotopic (exact) mass is 445 g/mol. The molecule has 0 aliphatic rings. The molecule has 0 saturated carbocycles. The molecule has 0 radical (unpaired) electrons. The van der Waals surface area contributed by atoms with Crippen molar-refractivity contribution in [3.63, 3.8) is 0 Å². The zero-order chi connectivity index (χ0) is 14.5. The molecule has 7 heteroatoms. The predicted molar refractivity (Wildman–Crippen MR) is 87.8 cm³/mol. The lowest BCUT2D eigenvalue weighted by molar-refractivity contribution is 0.0954. The number of aromatic hydroxyl groups is 1. The average Bonchev–Trinajstić information content (AvgIpc) is 2.42. The number of amides is 1. The molecule has 5 nitrogen and oxygen atoms in total. The highest BCUT2D eigenvalue weighted by Gasteiger charge is 2.05. The Labute approximate surface area is 137 Å². The van der Waals surface area contributed by atoms with Crippen molar-refractivity contribution in [1.82, 2.24) is 10.4 Å². The number of carbonyl (C=O) groups is 1. The summed E-state index contributed by atoms with van der Waals surface area (Å²) in [4.78, 5) is 15.7. The topological polar surface area (TPSA) is 74.6 Å². The molecule has 1 heterocycles. The van der Waals surface area contributed by atoms with Crippen LogP contribution in [0.15, 0.2) is 46.2 Å². The van der Waals surface area contributed by atoms with E-state index in [1.165, 1.54) is 12.4 Å². The number of carbonyl (C=O) groups excluding carboxylic acids is 1. The molecule has 0 fully saturated rings. The maximum atomic E-state index is 11.8. The van der Waals surface area contributed by atoms with Gasteiger partial charge in [0.2, 0.25) is 0 Å². The van der Waals surface area contributed by atoms with E-state index in [0.717, 1.165) is 3.57 Å². The summed E-state index contributed by atoms with van der Waals surface area (Å²) in [5.74, 6) is -0.271. The summed E-state index contributed by atoms with van der Waals surface area (Å²) in [6.45, 7) is 0. The quantitative estimate of drug-likeness (QED) is 0.433. The van der Waals surface area contributed by atoms with Crippen molar-refractivity contribution >= 4 is 50.6 Å². The fourth-order valence-electron chi connectivity index (χ4n) is 1.39. The van der Waals surface area contributed by atoms with E-state index in [1.807, 2.05) is 0 Å². The van der Waals surface area contributed by atoms with Crippen LogP contribution in [0.25, 0.3) is 0 Å². The van der Waals surface area contributed by atoms with Gasteiger partial charge in [0, 0.05) is 26.0 Å². The molecule has 0 aliphatic carbocycles. The Bertz CT molecular complexity index is 676. The standard InChI is InChI=1S/C13H9BrIN3O2/c14-10-3-9(5-16-7-10)13(20)18-17-6-8-4-11(15)1-2-12(8)19/h1-7,19H,(H,18,20)/b17-6+. The number of halogens is 2. The molecule has 1 aromatic heterocycles. The first-order valence-electron chi connectivity index (χ1n) is 5.49. The molecule has 1 amide bonds. The Morgan fingerprint density at radius 1 is 1.40 bits per heavy atom. The number of phenols is 1. The minimum Gasteiger partial charge on any atom is -0.507 e. The summed E-state index contributed by atoms with van der Waals surface area (Å²) >= 11 is 5.36. The Hall–Kier alpha value is -1.48. The van der Waals surface area contributed by atoms with Gasteiger partial charge in [0.25, 0.3) is 5.91 Å². The van der Waals surface area contributed by atoms with Gasteiger partial charge in [0.15, 0.2) is 0 Å². The van der Waals surface area contributed by atoms with E-state index in [9.17, 15) is 9.90 Å². The van der Waals surface area contributed by atoms with Crippen LogP contribution in [0.1, 0.15) is 15.9 Å². The van der Waals surface area contributed by atoms with E-state index in [1.54, 1.807) is 30.5 Å². The summed E-state index contributed by atoms with van der Waals surface area (Å²) in [7, 11) is 0. The van der Waals surface area contributed by atoms with Crippen molar-refractivity contribution in [1.29, 1.82) is 0 Å². The van der Waals surface area contributed by atoms with E-state index < -0.39 is 0 Å². The highest BCUT2D eigenvalue weighted by Crippen LogP contribution is 2.17. The van der Waals surface area contributed by atoms with Crippen LogP contribution in [0.4, 0.5) is 0 Å². The van der Waals surface area contributed by atoms with Gasteiger partial charge in [-0.1, -0.05) is 0 Å². The zero-order valence-corrected chi connectivity index (χ0v) is 13.8. The maximum Gasteiger partial charge on any atom is 0.272 e. The summed E-state index contributed by atoms with van der Waals surface area (Å²) in [5, 5.41) is 13.4. The minimum atomic E-state index is -0.375. The first-order valence-corrected chi connectivity index (χ1v) is 7.36. The van der Waals surface area contributed by atoms with Crippen molar-refractivity contribution < 1.29 is 9.90 Å². The van der Waals surface area contributed by atoms with Crippen molar-refractivity contribution in [2.75, 3.05) is 0 Å². The van der Waals surface area contributed by atoms with E-state index in [-0.39, 0.29) is 11.7 Å². The number of rotatable bonds is 3. The van der Waals surface area contributed by atoms with Gasteiger partial charge >= 0.3 is 0 Å². The SMILES string of the molecule is O=C(N/N=C/c1cc(I)ccc1O)c1cncc(Br)c1. The largest absolute Gasteiger partial charge is 0.507 e. The molecule has 2 N–H and O–H groups in total. The van der Waals surface area contributed by atoms with Crippen LogP contribution in [0.2, 0.25) is 0 Å². The smallest absolute Gasteiger partial charge is 0.272 e.